The Hall–Kier alpha value is -0.800. The highest BCUT2D eigenvalue weighted by Gasteiger charge is 2.01. The summed E-state index contributed by atoms with van der Waals surface area (Å²) in [5.41, 5.74) is 1.27. The Bertz CT molecular complexity index is 245. The van der Waals surface area contributed by atoms with E-state index in [-0.39, 0.29) is 12.6 Å². The van der Waals surface area contributed by atoms with E-state index in [0.29, 0.717) is 0 Å². The first kappa shape index (κ1) is 10.3. The van der Waals surface area contributed by atoms with Gasteiger partial charge in [0.2, 0.25) is 0 Å². The molecule has 0 aromatic carbocycles. The van der Waals surface area contributed by atoms with Crippen LogP contribution in [0.5, 0.6) is 0 Å². The molecule has 13 heavy (non-hydrogen) atoms. The van der Waals surface area contributed by atoms with Crippen molar-refractivity contribution < 1.29 is 5.11 Å². The fraction of sp³-hybridized carbons (Fsp3) is 0.600. The largest absolute Gasteiger partial charge is 0.395 e. The Morgan fingerprint density at radius 2 is 2.38 bits per heavy atom. The van der Waals surface area contributed by atoms with Gasteiger partial charge in [-0.25, -0.2) is 0 Å². The van der Waals surface area contributed by atoms with Crippen LogP contribution in [0, 0.1) is 0 Å². The molecular weight excluding hydrogens is 164 g/mol. The first-order valence-electron chi connectivity index (χ1n) is 4.76. The van der Waals surface area contributed by atoms with Crippen LogP contribution in [0.1, 0.15) is 19.5 Å². The molecule has 0 fully saturated rings. The van der Waals surface area contributed by atoms with Gasteiger partial charge in [-0.2, -0.15) is 0 Å². The zero-order chi connectivity index (χ0) is 9.68. The van der Waals surface area contributed by atoms with Gasteiger partial charge in [0.25, 0.3) is 0 Å². The zero-order valence-electron chi connectivity index (χ0n) is 8.33. The molecule has 0 aliphatic carbocycles. The highest BCUT2D eigenvalue weighted by Crippen LogP contribution is 2.01. The van der Waals surface area contributed by atoms with E-state index in [0.717, 1.165) is 13.1 Å². The van der Waals surface area contributed by atoms with Crippen LogP contribution in [-0.4, -0.2) is 22.3 Å². The van der Waals surface area contributed by atoms with Crippen LogP contribution in [0.3, 0.4) is 0 Å². The lowest BCUT2D eigenvalue weighted by molar-refractivity contribution is 0.250. The van der Waals surface area contributed by atoms with E-state index in [1.54, 1.807) is 0 Å². The average molecular weight is 182 g/mol. The molecular formula is C10H18N2O. The average Bonchev–Trinajstić information content (AvgIpc) is 2.61. The predicted molar refractivity (Wildman–Crippen MR) is 53.5 cm³/mol. The fourth-order valence-corrected chi connectivity index (χ4v) is 1.26. The van der Waals surface area contributed by atoms with Crippen molar-refractivity contribution in [2.75, 3.05) is 6.61 Å². The highest BCUT2D eigenvalue weighted by atomic mass is 16.3. The predicted octanol–water partition coefficient (Wildman–Crippen LogP) is 0.978. The van der Waals surface area contributed by atoms with Crippen LogP contribution in [0.25, 0.3) is 0 Å². The Morgan fingerprint density at radius 3 is 3.00 bits per heavy atom. The van der Waals surface area contributed by atoms with E-state index < -0.39 is 0 Å². The van der Waals surface area contributed by atoms with Gasteiger partial charge in [-0.15, -0.1) is 0 Å². The molecule has 0 saturated carbocycles. The molecule has 3 nitrogen and oxygen atoms in total. The second kappa shape index (κ2) is 5.04. The molecule has 0 radical (unpaired) electrons. The summed E-state index contributed by atoms with van der Waals surface area (Å²) in [6.45, 7) is 6.10. The summed E-state index contributed by atoms with van der Waals surface area (Å²) >= 11 is 0. The molecule has 1 rings (SSSR count). The Labute approximate surface area is 79.4 Å². The first-order chi connectivity index (χ1) is 6.27. The molecule has 0 saturated heterocycles. The Morgan fingerprint density at radius 1 is 1.62 bits per heavy atom. The van der Waals surface area contributed by atoms with Gasteiger partial charge < -0.3 is 15.0 Å². The fourth-order valence-electron chi connectivity index (χ4n) is 1.26. The van der Waals surface area contributed by atoms with Gasteiger partial charge in [-0.3, -0.25) is 0 Å². The number of aliphatic hydroxyl groups is 1. The van der Waals surface area contributed by atoms with Crippen molar-refractivity contribution in [2.45, 2.75) is 33.0 Å². The maximum atomic E-state index is 8.82. The topological polar surface area (TPSA) is 37.2 Å². The van der Waals surface area contributed by atoms with Crippen molar-refractivity contribution in [3.63, 3.8) is 0 Å². The van der Waals surface area contributed by atoms with Gasteiger partial charge in [0.05, 0.1) is 6.61 Å². The molecule has 0 spiro atoms. The van der Waals surface area contributed by atoms with Crippen LogP contribution in [0.4, 0.5) is 0 Å². The second-order valence-electron chi connectivity index (χ2n) is 3.25. The molecule has 1 aromatic rings. The lowest BCUT2D eigenvalue weighted by atomic mass is 10.3. The van der Waals surface area contributed by atoms with Crippen molar-refractivity contribution in [2.24, 2.45) is 0 Å². The maximum absolute atomic E-state index is 8.82. The zero-order valence-corrected chi connectivity index (χ0v) is 8.33. The normalized spacial score (nSPS) is 13.2. The summed E-state index contributed by atoms with van der Waals surface area (Å²) < 4.78 is 2.19. The van der Waals surface area contributed by atoms with Gasteiger partial charge in [0.1, 0.15) is 0 Å². The van der Waals surface area contributed by atoms with Crippen LogP contribution in [0.2, 0.25) is 0 Å². The summed E-state index contributed by atoms with van der Waals surface area (Å²) in [4.78, 5) is 0. The summed E-state index contributed by atoms with van der Waals surface area (Å²) in [6, 6.07) is 4.31. The lowest BCUT2D eigenvalue weighted by Crippen LogP contribution is -2.29. The molecule has 74 valence electrons. The molecule has 1 aromatic heterocycles. The van der Waals surface area contributed by atoms with Gasteiger partial charge in [0.15, 0.2) is 0 Å². The first-order valence-corrected chi connectivity index (χ1v) is 4.76. The van der Waals surface area contributed by atoms with E-state index in [1.165, 1.54) is 5.69 Å². The smallest absolute Gasteiger partial charge is 0.0582 e. The van der Waals surface area contributed by atoms with E-state index in [1.807, 2.05) is 13.0 Å². The molecule has 1 atom stereocenters. The number of nitrogens with zero attached hydrogens (tertiary/aromatic N) is 1. The van der Waals surface area contributed by atoms with Crippen LogP contribution in [0.15, 0.2) is 18.3 Å². The molecule has 0 aliphatic heterocycles. The van der Waals surface area contributed by atoms with Gasteiger partial charge in [-0.05, 0) is 26.0 Å². The summed E-state index contributed by atoms with van der Waals surface area (Å²) in [5, 5.41) is 12.1. The number of hydrogen-bond acceptors (Lipinski definition) is 2. The monoisotopic (exact) mass is 182 g/mol. The minimum Gasteiger partial charge on any atom is -0.395 e. The molecule has 0 bridgehead atoms. The van der Waals surface area contributed by atoms with Crippen LogP contribution < -0.4 is 5.32 Å². The summed E-state index contributed by atoms with van der Waals surface area (Å²) in [7, 11) is 0. The number of aliphatic hydroxyl groups excluding tert-OH is 1. The third kappa shape index (κ3) is 2.86. The standard InChI is InChI=1S/C10H18N2O/c1-3-12-6-4-5-10(12)7-11-9(2)8-13/h4-6,9,11,13H,3,7-8H2,1-2H3. The van der Waals surface area contributed by atoms with Gasteiger partial charge >= 0.3 is 0 Å². The van der Waals surface area contributed by atoms with Crippen molar-refractivity contribution in [3.05, 3.63) is 24.0 Å². The van der Waals surface area contributed by atoms with Crippen LogP contribution >= 0.6 is 0 Å². The SMILES string of the molecule is CCn1cccc1CNC(C)CO. The quantitative estimate of drug-likeness (QED) is 0.712. The molecule has 0 aliphatic rings. The van der Waals surface area contributed by atoms with Crippen molar-refractivity contribution in [1.82, 2.24) is 9.88 Å². The molecule has 1 heterocycles. The minimum absolute atomic E-state index is 0.167. The Kier molecular flexibility index (Phi) is 3.99. The minimum atomic E-state index is 0.167. The number of aryl methyl sites for hydroxylation is 1. The molecule has 0 amide bonds. The number of aromatic nitrogens is 1. The summed E-state index contributed by atoms with van der Waals surface area (Å²) in [6.07, 6.45) is 2.07. The van der Waals surface area contributed by atoms with Crippen molar-refractivity contribution in [3.8, 4) is 0 Å². The number of hydrogen-bond donors (Lipinski definition) is 2. The second-order valence-corrected chi connectivity index (χ2v) is 3.25. The van der Waals surface area contributed by atoms with E-state index >= 15 is 0 Å². The lowest BCUT2D eigenvalue weighted by Gasteiger charge is -2.11. The van der Waals surface area contributed by atoms with Crippen molar-refractivity contribution in [1.29, 1.82) is 0 Å². The molecule has 2 N–H and O–H groups in total. The molecule has 3 heteroatoms. The maximum Gasteiger partial charge on any atom is 0.0582 e. The van der Waals surface area contributed by atoms with Crippen LogP contribution in [-0.2, 0) is 13.1 Å². The highest BCUT2D eigenvalue weighted by molar-refractivity contribution is 5.06. The van der Waals surface area contributed by atoms with Gasteiger partial charge in [0, 0.05) is 31.0 Å². The third-order valence-corrected chi connectivity index (χ3v) is 2.17. The van der Waals surface area contributed by atoms with Crippen molar-refractivity contribution >= 4 is 0 Å². The van der Waals surface area contributed by atoms with E-state index in [4.69, 9.17) is 5.11 Å². The van der Waals surface area contributed by atoms with E-state index in [9.17, 15) is 0 Å². The number of rotatable bonds is 5. The molecule has 1 unspecified atom stereocenters. The van der Waals surface area contributed by atoms with Gasteiger partial charge in [-0.1, -0.05) is 0 Å². The summed E-state index contributed by atoms with van der Waals surface area (Å²) in [5.74, 6) is 0. The number of nitrogens with one attached hydrogen (secondary N) is 1. The Balaban J connectivity index is 2.44. The third-order valence-electron chi connectivity index (χ3n) is 2.17. The van der Waals surface area contributed by atoms with E-state index in [2.05, 4.69) is 29.1 Å².